The maximum absolute atomic E-state index is 14.0. The first kappa shape index (κ1) is 29.7. The number of carbonyl (C=O) groups excluding carboxylic acids is 2. The van der Waals surface area contributed by atoms with Crippen LogP contribution in [0.2, 0.25) is 0 Å². The molecule has 39 heavy (non-hydrogen) atoms. The average molecular weight is 552 g/mol. The molecule has 8 nitrogen and oxygen atoms in total. The molecule has 0 radical (unpaired) electrons. The van der Waals surface area contributed by atoms with Crippen molar-refractivity contribution in [1.82, 2.24) is 10.2 Å². The lowest BCUT2D eigenvalue weighted by molar-refractivity contribution is -0.140. The number of aryl methyl sites for hydroxylation is 1. The summed E-state index contributed by atoms with van der Waals surface area (Å²) in [5.41, 5.74) is 2.07. The van der Waals surface area contributed by atoms with Crippen molar-refractivity contribution in [3.8, 4) is 5.75 Å². The second-order valence-electron chi connectivity index (χ2n) is 9.25. The van der Waals surface area contributed by atoms with Gasteiger partial charge in [-0.25, -0.2) is 8.42 Å². The number of nitrogens with one attached hydrogen (secondary N) is 1. The summed E-state index contributed by atoms with van der Waals surface area (Å²) in [6.45, 7) is 5.84. The van der Waals surface area contributed by atoms with Crippen LogP contribution >= 0.6 is 0 Å². The van der Waals surface area contributed by atoms with E-state index in [1.54, 1.807) is 36.4 Å². The molecule has 0 saturated heterocycles. The van der Waals surface area contributed by atoms with Gasteiger partial charge in [-0.05, 0) is 61.7 Å². The third-order valence-electron chi connectivity index (χ3n) is 6.38. The van der Waals surface area contributed by atoms with Gasteiger partial charge in [-0.2, -0.15) is 0 Å². The molecule has 0 aliphatic heterocycles. The van der Waals surface area contributed by atoms with Crippen LogP contribution in [0.25, 0.3) is 0 Å². The SMILES string of the molecule is CCCNC(=O)[C@H](CC)N(Cc1ccccc1)C(=O)CN(c1ccc(OC)cc1)S(=O)(=O)c1ccc(C)cc1. The van der Waals surface area contributed by atoms with Gasteiger partial charge in [-0.1, -0.05) is 61.9 Å². The number of sulfonamides is 1. The van der Waals surface area contributed by atoms with E-state index in [0.717, 1.165) is 21.9 Å². The molecule has 0 fully saturated rings. The molecular weight excluding hydrogens is 514 g/mol. The fourth-order valence-electron chi connectivity index (χ4n) is 4.18. The minimum Gasteiger partial charge on any atom is -0.497 e. The zero-order valence-corrected chi connectivity index (χ0v) is 23.8. The molecule has 0 aliphatic rings. The molecule has 1 atom stereocenters. The van der Waals surface area contributed by atoms with Gasteiger partial charge in [-0.3, -0.25) is 13.9 Å². The fraction of sp³-hybridized carbons (Fsp3) is 0.333. The second-order valence-corrected chi connectivity index (χ2v) is 11.1. The van der Waals surface area contributed by atoms with Crippen LogP contribution in [0, 0.1) is 6.92 Å². The lowest BCUT2D eigenvalue weighted by atomic mass is 10.1. The van der Waals surface area contributed by atoms with E-state index in [4.69, 9.17) is 4.74 Å². The van der Waals surface area contributed by atoms with Gasteiger partial charge in [-0.15, -0.1) is 0 Å². The van der Waals surface area contributed by atoms with Crippen molar-refractivity contribution in [3.63, 3.8) is 0 Å². The smallest absolute Gasteiger partial charge is 0.264 e. The summed E-state index contributed by atoms with van der Waals surface area (Å²) in [6.07, 6.45) is 1.14. The monoisotopic (exact) mass is 551 g/mol. The molecule has 0 saturated carbocycles. The zero-order valence-electron chi connectivity index (χ0n) is 23.0. The first-order chi connectivity index (χ1) is 18.7. The van der Waals surface area contributed by atoms with E-state index in [9.17, 15) is 18.0 Å². The summed E-state index contributed by atoms with van der Waals surface area (Å²) in [5.74, 6) is -0.188. The molecule has 2 amide bonds. The van der Waals surface area contributed by atoms with Crippen molar-refractivity contribution in [2.75, 3.05) is 24.5 Å². The van der Waals surface area contributed by atoms with Crippen molar-refractivity contribution in [3.05, 3.63) is 90.0 Å². The lowest BCUT2D eigenvalue weighted by Gasteiger charge is -2.33. The summed E-state index contributed by atoms with van der Waals surface area (Å²) in [7, 11) is -2.59. The quantitative estimate of drug-likeness (QED) is 0.337. The summed E-state index contributed by atoms with van der Waals surface area (Å²) in [4.78, 5) is 28.6. The van der Waals surface area contributed by atoms with Crippen molar-refractivity contribution in [2.45, 2.75) is 51.1 Å². The Bertz CT molecular complexity index is 1330. The predicted molar refractivity (Wildman–Crippen MR) is 153 cm³/mol. The first-order valence-electron chi connectivity index (χ1n) is 13.1. The third-order valence-corrected chi connectivity index (χ3v) is 8.17. The average Bonchev–Trinajstić information content (AvgIpc) is 2.95. The standard InChI is InChI=1S/C30H37N3O5S/c1-5-20-31-30(35)28(6-2)32(21-24-10-8-7-9-11-24)29(34)22-33(25-14-16-26(38-4)17-15-25)39(36,37)27-18-12-23(3)13-19-27/h7-19,28H,5-6,20-22H2,1-4H3,(H,31,35)/t28-/m0/s1. The highest BCUT2D eigenvalue weighted by Crippen LogP contribution is 2.27. The molecule has 0 bridgehead atoms. The van der Waals surface area contributed by atoms with Crippen LogP contribution in [0.3, 0.4) is 0 Å². The number of benzene rings is 3. The molecular formula is C30H37N3O5S. The summed E-state index contributed by atoms with van der Waals surface area (Å²) < 4.78 is 34.1. The number of carbonyl (C=O) groups is 2. The molecule has 1 N–H and O–H groups in total. The highest BCUT2D eigenvalue weighted by molar-refractivity contribution is 7.92. The van der Waals surface area contributed by atoms with Gasteiger partial charge in [0, 0.05) is 13.1 Å². The summed E-state index contributed by atoms with van der Waals surface area (Å²) >= 11 is 0. The molecule has 3 aromatic rings. The lowest BCUT2D eigenvalue weighted by Crippen LogP contribution is -2.52. The molecule has 0 spiro atoms. The van der Waals surface area contributed by atoms with Crippen LogP contribution in [-0.2, 0) is 26.2 Å². The first-order valence-corrected chi connectivity index (χ1v) is 14.5. The van der Waals surface area contributed by atoms with Crippen molar-refractivity contribution >= 4 is 27.5 Å². The molecule has 3 rings (SSSR count). The van der Waals surface area contributed by atoms with Gasteiger partial charge in [0.05, 0.1) is 17.7 Å². The van der Waals surface area contributed by atoms with Gasteiger partial charge in [0.25, 0.3) is 10.0 Å². The van der Waals surface area contributed by atoms with Crippen molar-refractivity contribution in [1.29, 1.82) is 0 Å². The van der Waals surface area contributed by atoms with Crippen LogP contribution in [0.15, 0.2) is 83.8 Å². The molecule has 3 aromatic carbocycles. The van der Waals surface area contributed by atoms with Crippen molar-refractivity contribution < 1.29 is 22.7 Å². The minimum atomic E-state index is -4.11. The van der Waals surface area contributed by atoms with Gasteiger partial charge >= 0.3 is 0 Å². The van der Waals surface area contributed by atoms with Crippen LogP contribution in [0.1, 0.15) is 37.8 Å². The Balaban J connectivity index is 2.04. The van der Waals surface area contributed by atoms with Gasteiger partial charge < -0.3 is 15.0 Å². The Labute approximate surface area is 231 Å². The number of ether oxygens (including phenoxy) is 1. The molecule has 0 heterocycles. The molecule has 208 valence electrons. The number of nitrogens with zero attached hydrogens (tertiary/aromatic N) is 2. The van der Waals surface area contributed by atoms with Gasteiger partial charge in [0.1, 0.15) is 18.3 Å². The number of anilines is 1. The number of rotatable bonds is 13. The Kier molecular flexibility index (Phi) is 10.5. The van der Waals surface area contributed by atoms with Gasteiger partial charge in [0.2, 0.25) is 11.8 Å². The number of amides is 2. The van der Waals surface area contributed by atoms with Gasteiger partial charge in [0.15, 0.2) is 0 Å². The van der Waals surface area contributed by atoms with E-state index in [0.29, 0.717) is 24.4 Å². The number of hydrogen-bond donors (Lipinski definition) is 1. The Morgan fingerprint density at radius 1 is 0.923 bits per heavy atom. The summed E-state index contributed by atoms with van der Waals surface area (Å²) in [6, 6.07) is 21.6. The summed E-state index contributed by atoms with van der Waals surface area (Å²) in [5, 5.41) is 2.88. The second kappa shape index (κ2) is 13.8. The van der Waals surface area contributed by atoms with E-state index >= 15 is 0 Å². The predicted octanol–water partition coefficient (Wildman–Crippen LogP) is 4.53. The highest BCUT2D eigenvalue weighted by atomic mass is 32.2. The zero-order chi connectivity index (χ0) is 28.4. The van der Waals surface area contributed by atoms with Crippen LogP contribution in [-0.4, -0.2) is 51.4 Å². The largest absolute Gasteiger partial charge is 0.497 e. The van der Waals surface area contributed by atoms with E-state index < -0.39 is 28.5 Å². The molecule has 0 unspecified atom stereocenters. The Hall–Kier alpha value is -3.85. The van der Waals surface area contributed by atoms with E-state index in [-0.39, 0.29) is 17.3 Å². The number of hydrogen-bond acceptors (Lipinski definition) is 5. The normalized spacial score (nSPS) is 11.9. The fourth-order valence-corrected chi connectivity index (χ4v) is 5.59. The van der Waals surface area contributed by atoms with Crippen LogP contribution in [0.4, 0.5) is 5.69 Å². The maximum Gasteiger partial charge on any atom is 0.264 e. The third kappa shape index (κ3) is 7.60. The Morgan fingerprint density at radius 3 is 2.13 bits per heavy atom. The van der Waals surface area contributed by atoms with Crippen LogP contribution < -0.4 is 14.4 Å². The topological polar surface area (TPSA) is 96.0 Å². The molecule has 9 heteroatoms. The maximum atomic E-state index is 14.0. The molecule has 0 aliphatic carbocycles. The Morgan fingerprint density at radius 2 is 1.56 bits per heavy atom. The molecule has 0 aromatic heterocycles. The highest BCUT2D eigenvalue weighted by Gasteiger charge is 2.33. The van der Waals surface area contributed by atoms with Crippen LogP contribution in [0.5, 0.6) is 5.75 Å². The van der Waals surface area contributed by atoms with E-state index in [2.05, 4.69) is 5.32 Å². The number of methoxy groups -OCH3 is 1. The van der Waals surface area contributed by atoms with E-state index in [1.165, 1.54) is 24.1 Å². The minimum absolute atomic E-state index is 0.0686. The van der Waals surface area contributed by atoms with E-state index in [1.807, 2.05) is 51.1 Å². The van der Waals surface area contributed by atoms with Crippen molar-refractivity contribution in [2.24, 2.45) is 0 Å².